The SMILES string of the molecule is c1ccc(-c2cn(CC3CCCCN3)nn2)cc1. The number of benzene rings is 1. The van der Waals surface area contributed by atoms with Crippen molar-refractivity contribution in [2.75, 3.05) is 6.54 Å². The van der Waals surface area contributed by atoms with E-state index in [1.54, 1.807) is 0 Å². The molecule has 94 valence electrons. The zero-order chi connectivity index (χ0) is 12.2. The summed E-state index contributed by atoms with van der Waals surface area (Å²) in [6, 6.07) is 10.7. The first-order valence-electron chi connectivity index (χ1n) is 6.61. The average Bonchev–Trinajstić information content (AvgIpc) is 2.89. The van der Waals surface area contributed by atoms with Gasteiger partial charge in [0.15, 0.2) is 0 Å². The minimum Gasteiger partial charge on any atom is -0.312 e. The molecular formula is C14H18N4. The number of hydrogen-bond donors (Lipinski definition) is 1. The number of rotatable bonds is 3. The van der Waals surface area contributed by atoms with Gasteiger partial charge in [-0.2, -0.15) is 0 Å². The third-order valence-electron chi connectivity index (χ3n) is 3.43. The van der Waals surface area contributed by atoms with E-state index in [1.807, 2.05) is 29.1 Å². The number of nitrogens with zero attached hydrogens (tertiary/aromatic N) is 3. The van der Waals surface area contributed by atoms with Gasteiger partial charge in [0.1, 0.15) is 5.69 Å². The standard InChI is InChI=1S/C14H18N4/c1-2-6-12(7-3-1)14-11-18(17-16-14)10-13-8-4-5-9-15-13/h1-3,6-7,11,13,15H,4-5,8-10H2. The maximum absolute atomic E-state index is 4.24. The highest BCUT2D eigenvalue weighted by molar-refractivity contribution is 5.57. The molecule has 1 saturated heterocycles. The van der Waals surface area contributed by atoms with Crippen LogP contribution in [0.5, 0.6) is 0 Å². The number of aromatic nitrogens is 3. The van der Waals surface area contributed by atoms with Crippen LogP contribution in [0.25, 0.3) is 11.3 Å². The number of hydrogen-bond acceptors (Lipinski definition) is 3. The molecule has 0 spiro atoms. The Morgan fingerprint density at radius 2 is 2.11 bits per heavy atom. The molecule has 2 heterocycles. The van der Waals surface area contributed by atoms with Crippen LogP contribution in [-0.4, -0.2) is 27.6 Å². The molecule has 1 atom stereocenters. The van der Waals surface area contributed by atoms with Crippen LogP contribution < -0.4 is 5.32 Å². The first kappa shape index (κ1) is 11.4. The predicted octanol–water partition coefficient (Wildman–Crippen LogP) is 2.09. The van der Waals surface area contributed by atoms with Crippen molar-refractivity contribution in [1.29, 1.82) is 0 Å². The Morgan fingerprint density at radius 1 is 1.22 bits per heavy atom. The van der Waals surface area contributed by atoms with Gasteiger partial charge < -0.3 is 5.32 Å². The highest BCUT2D eigenvalue weighted by Crippen LogP contribution is 2.15. The molecule has 1 unspecified atom stereocenters. The zero-order valence-electron chi connectivity index (χ0n) is 10.4. The van der Waals surface area contributed by atoms with Crippen LogP contribution in [0.2, 0.25) is 0 Å². The van der Waals surface area contributed by atoms with Crippen LogP contribution in [0.3, 0.4) is 0 Å². The van der Waals surface area contributed by atoms with Gasteiger partial charge in [0.25, 0.3) is 0 Å². The summed E-state index contributed by atoms with van der Waals surface area (Å²) < 4.78 is 1.95. The third-order valence-corrected chi connectivity index (χ3v) is 3.43. The van der Waals surface area contributed by atoms with Crippen molar-refractivity contribution in [3.8, 4) is 11.3 Å². The lowest BCUT2D eigenvalue weighted by atomic mass is 10.1. The lowest BCUT2D eigenvalue weighted by Crippen LogP contribution is -2.37. The van der Waals surface area contributed by atoms with Crippen LogP contribution in [0.1, 0.15) is 19.3 Å². The van der Waals surface area contributed by atoms with Crippen molar-refractivity contribution >= 4 is 0 Å². The van der Waals surface area contributed by atoms with Crippen LogP contribution >= 0.6 is 0 Å². The highest BCUT2D eigenvalue weighted by Gasteiger charge is 2.14. The fourth-order valence-corrected chi connectivity index (χ4v) is 2.43. The van der Waals surface area contributed by atoms with Crippen molar-refractivity contribution in [2.24, 2.45) is 0 Å². The van der Waals surface area contributed by atoms with Crippen molar-refractivity contribution < 1.29 is 0 Å². The Bertz CT molecular complexity index is 486. The summed E-state index contributed by atoms with van der Waals surface area (Å²) in [4.78, 5) is 0. The summed E-state index contributed by atoms with van der Waals surface area (Å²) in [5, 5.41) is 12.0. The lowest BCUT2D eigenvalue weighted by Gasteiger charge is -2.22. The third kappa shape index (κ3) is 2.59. The molecule has 0 saturated carbocycles. The Labute approximate surface area is 107 Å². The molecule has 0 bridgehead atoms. The highest BCUT2D eigenvalue weighted by atomic mass is 15.4. The Morgan fingerprint density at radius 3 is 2.89 bits per heavy atom. The van der Waals surface area contributed by atoms with Gasteiger partial charge in [-0.3, -0.25) is 4.68 Å². The second-order valence-electron chi connectivity index (χ2n) is 4.84. The summed E-state index contributed by atoms with van der Waals surface area (Å²) in [6.07, 6.45) is 5.88. The molecule has 1 N–H and O–H groups in total. The van der Waals surface area contributed by atoms with Gasteiger partial charge in [-0.1, -0.05) is 42.0 Å². The van der Waals surface area contributed by atoms with Crippen molar-refractivity contribution in [3.05, 3.63) is 36.5 Å². The predicted molar refractivity (Wildman–Crippen MR) is 71.1 cm³/mol. The van der Waals surface area contributed by atoms with Gasteiger partial charge in [-0.05, 0) is 19.4 Å². The molecule has 2 aromatic rings. The van der Waals surface area contributed by atoms with Crippen LogP contribution in [0, 0.1) is 0 Å². The molecule has 1 aliphatic rings. The molecule has 3 rings (SSSR count). The van der Waals surface area contributed by atoms with E-state index in [-0.39, 0.29) is 0 Å². The monoisotopic (exact) mass is 242 g/mol. The van der Waals surface area contributed by atoms with Crippen LogP contribution in [0.15, 0.2) is 36.5 Å². The van der Waals surface area contributed by atoms with Gasteiger partial charge in [-0.15, -0.1) is 5.10 Å². The maximum atomic E-state index is 4.24. The molecule has 1 aromatic heterocycles. The number of piperidine rings is 1. The van der Waals surface area contributed by atoms with Crippen LogP contribution in [0.4, 0.5) is 0 Å². The maximum Gasteiger partial charge on any atom is 0.113 e. The molecule has 0 radical (unpaired) electrons. The molecule has 4 heteroatoms. The average molecular weight is 242 g/mol. The smallest absolute Gasteiger partial charge is 0.113 e. The van der Waals surface area contributed by atoms with E-state index < -0.39 is 0 Å². The first-order chi connectivity index (χ1) is 8.92. The van der Waals surface area contributed by atoms with Crippen molar-refractivity contribution in [3.63, 3.8) is 0 Å². The minimum atomic E-state index is 0.545. The zero-order valence-corrected chi connectivity index (χ0v) is 10.4. The second-order valence-corrected chi connectivity index (χ2v) is 4.84. The van der Waals surface area contributed by atoms with Gasteiger partial charge in [-0.25, -0.2) is 0 Å². The molecule has 4 nitrogen and oxygen atoms in total. The lowest BCUT2D eigenvalue weighted by molar-refractivity contribution is 0.348. The normalized spacial score (nSPS) is 19.9. The van der Waals surface area contributed by atoms with E-state index in [1.165, 1.54) is 19.3 Å². The first-order valence-corrected chi connectivity index (χ1v) is 6.61. The summed E-state index contributed by atoms with van der Waals surface area (Å²) in [7, 11) is 0. The molecule has 18 heavy (non-hydrogen) atoms. The summed E-state index contributed by atoms with van der Waals surface area (Å²) in [5.74, 6) is 0. The fourth-order valence-electron chi connectivity index (χ4n) is 2.43. The van der Waals surface area contributed by atoms with E-state index in [0.717, 1.165) is 24.3 Å². The van der Waals surface area contributed by atoms with E-state index in [2.05, 4.69) is 27.8 Å². The van der Waals surface area contributed by atoms with E-state index in [9.17, 15) is 0 Å². The summed E-state index contributed by atoms with van der Waals surface area (Å²) in [5.41, 5.74) is 2.08. The Kier molecular flexibility index (Phi) is 3.37. The van der Waals surface area contributed by atoms with Gasteiger partial charge in [0.2, 0.25) is 0 Å². The van der Waals surface area contributed by atoms with E-state index in [0.29, 0.717) is 6.04 Å². The minimum absolute atomic E-state index is 0.545. The van der Waals surface area contributed by atoms with Gasteiger partial charge >= 0.3 is 0 Å². The largest absolute Gasteiger partial charge is 0.312 e. The molecule has 1 aliphatic heterocycles. The van der Waals surface area contributed by atoms with Gasteiger partial charge in [0, 0.05) is 11.6 Å². The molecule has 1 aromatic carbocycles. The Hall–Kier alpha value is -1.68. The molecule has 0 amide bonds. The topological polar surface area (TPSA) is 42.7 Å². The summed E-state index contributed by atoms with van der Waals surface area (Å²) in [6.45, 7) is 2.05. The molecule has 0 aliphatic carbocycles. The fraction of sp³-hybridized carbons (Fsp3) is 0.429. The Balaban J connectivity index is 1.69. The van der Waals surface area contributed by atoms with Gasteiger partial charge in [0.05, 0.1) is 12.7 Å². The molecule has 1 fully saturated rings. The number of nitrogens with one attached hydrogen (secondary N) is 1. The quantitative estimate of drug-likeness (QED) is 0.896. The van der Waals surface area contributed by atoms with Crippen molar-refractivity contribution in [1.82, 2.24) is 20.3 Å². The van der Waals surface area contributed by atoms with Crippen molar-refractivity contribution in [2.45, 2.75) is 31.8 Å². The van der Waals surface area contributed by atoms with Crippen LogP contribution in [-0.2, 0) is 6.54 Å². The summed E-state index contributed by atoms with van der Waals surface area (Å²) >= 11 is 0. The molecular weight excluding hydrogens is 224 g/mol. The second kappa shape index (κ2) is 5.31. The van der Waals surface area contributed by atoms with E-state index >= 15 is 0 Å². The van der Waals surface area contributed by atoms with E-state index in [4.69, 9.17) is 0 Å².